The van der Waals surface area contributed by atoms with Crippen LogP contribution in [-0.2, 0) is 15.8 Å². The molecule has 8 heteroatoms. The number of non-ortho nitro benzene ring substituents is 1. The molecular formula is C13H19N3O4S. The number of nitrogens with one attached hydrogen (secondary N) is 1. The molecule has 0 spiro atoms. The molecule has 1 aliphatic rings. The number of nitro benzene ring substituents is 1. The highest BCUT2D eigenvalue weighted by atomic mass is 32.2. The van der Waals surface area contributed by atoms with E-state index < -0.39 is 14.9 Å². The Labute approximate surface area is 123 Å². The predicted octanol–water partition coefficient (Wildman–Crippen LogP) is 1.28. The van der Waals surface area contributed by atoms with Crippen molar-refractivity contribution < 1.29 is 13.3 Å². The van der Waals surface area contributed by atoms with E-state index in [-0.39, 0.29) is 23.5 Å². The van der Waals surface area contributed by atoms with Gasteiger partial charge in [0.05, 0.1) is 10.7 Å². The van der Waals surface area contributed by atoms with E-state index in [0.717, 1.165) is 25.7 Å². The Bertz CT molecular complexity index is 592. The number of benzene rings is 1. The Morgan fingerprint density at radius 2 is 1.76 bits per heavy atom. The molecule has 0 aromatic heterocycles. The number of rotatable bonds is 5. The van der Waals surface area contributed by atoms with Gasteiger partial charge in [-0.3, -0.25) is 10.1 Å². The summed E-state index contributed by atoms with van der Waals surface area (Å²) in [5.74, 6) is -0.173. The van der Waals surface area contributed by atoms with Crippen molar-refractivity contribution in [3.05, 3.63) is 39.9 Å². The predicted molar refractivity (Wildman–Crippen MR) is 79.1 cm³/mol. The van der Waals surface area contributed by atoms with Gasteiger partial charge in [-0.15, -0.1) is 0 Å². The van der Waals surface area contributed by atoms with E-state index in [4.69, 9.17) is 5.73 Å². The summed E-state index contributed by atoms with van der Waals surface area (Å²) in [7, 11) is -3.45. The minimum atomic E-state index is -3.45. The van der Waals surface area contributed by atoms with Crippen LogP contribution in [0.15, 0.2) is 24.3 Å². The smallest absolute Gasteiger partial charge is 0.269 e. The third-order valence-corrected chi connectivity index (χ3v) is 5.03. The molecule has 3 N–H and O–H groups in total. The van der Waals surface area contributed by atoms with Crippen molar-refractivity contribution in [2.75, 3.05) is 0 Å². The van der Waals surface area contributed by atoms with Gasteiger partial charge in [-0.25, -0.2) is 13.1 Å². The summed E-state index contributed by atoms with van der Waals surface area (Å²) in [4.78, 5) is 10.0. The Hall–Kier alpha value is -1.51. The zero-order valence-corrected chi connectivity index (χ0v) is 12.4. The number of sulfonamides is 1. The van der Waals surface area contributed by atoms with E-state index in [1.165, 1.54) is 24.3 Å². The molecule has 0 saturated heterocycles. The molecule has 1 aromatic rings. The molecule has 0 amide bonds. The van der Waals surface area contributed by atoms with E-state index in [1.807, 2.05) is 0 Å². The molecule has 116 valence electrons. The first-order valence-electron chi connectivity index (χ1n) is 6.84. The Morgan fingerprint density at radius 1 is 1.19 bits per heavy atom. The first-order valence-corrected chi connectivity index (χ1v) is 8.50. The minimum absolute atomic E-state index is 0.0506. The molecule has 21 heavy (non-hydrogen) atoms. The van der Waals surface area contributed by atoms with Gasteiger partial charge in [0, 0.05) is 24.2 Å². The van der Waals surface area contributed by atoms with Gasteiger partial charge in [-0.2, -0.15) is 0 Å². The molecule has 1 saturated carbocycles. The van der Waals surface area contributed by atoms with Crippen LogP contribution in [0, 0.1) is 10.1 Å². The van der Waals surface area contributed by atoms with Crippen LogP contribution in [0.5, 0.6) is 0 Å². The lowest BCUT2D eigenvalue weighted by Gasteiger charge is -2.26. The molecule has 1 aliphatic carbocycles. The Morgan fingerprint density at radius 3 is 2.29 bits per heavy atom. The highest BCUT2D eigenvalue weighted by molar-refractivity contribution is 7.88. The van der Waals surface area contributed by atoms with E-state index in [1.54, 1.807) is 0 Å². The number of hydrogen-bond acceptors (Lipinski definition) is 5. The fourth-order valence-corrected chi connectivity index (χ4v) is 3.92. The van der Waals surface area contributed by atoms with Crippen LogP contribution in [0.25, 0.3) is 0 Å². The van der Waals surface area contributed by atoms with Gasteiger partial charge in [-0.1, -0.05) is 12.1 Å². The molecule has 0 radical (unpaired) electrons. The number of nitrogens with zero attached hydrogens (tertiary/aromatic N) is 1. The summed E-state index contributed by atoms with van der Waals surface area (Å²) < 4.78 is 26.9. The van der Waals surface area contributed by atoms with Gasteiger partial charge < -0.3 is 5.73 Å². The maximum Gasteiger partial charge on any atom is 0.269 e. The summed E-state index contributed by atoms with van der Waals surface area (Å²) >= 11 is 0. The van der Waals surface area contributed by atoms with Crippen LogP contribution in [0.4, 0.5) is 5.69 Å². The van der Waals surface area contributed by atoms with Gasteiger partial charge in [0.25, 0.3) is 5.69 Å². The third-order valence-electron chi connectivity index (χ3n) is 3.62. The van der Waals surface area contributed by atoms with Gasteiger partial charge in [0.2, 0.25) is 10.0 Å². The van der Waals surface area contributed by atoms with E-state index in [2.05, 4.69) is 4.72 Å². The van der Waals surface area contributed by atoms with Gasteiger partial charge in [0.1, 0.15) is 0 Å². The summed E-state index contributed by atoms with van der Waals surface area (Å²) in [5, 5.41) is 10.6. The minimum Gasteiger partial charge on any atom is -0.328 e. The summed E-state index contributed by atoms with van der Waals surface area (Å²) in [6, 6.07) is 5.66. The molecule has 1 aromatic carbocycles. The maximum absolute atomic E-state index is 12.1. The standard InChI is InChI=1S/C13H19N3O4S/c14-11-3-5-12(6-4-11)15-21(19,20)9-10-1-7-13(8-2-10)16(17)18/h1-2,7-8,11-12,15H,3-6,9,14H2. The number of nitrogens with two attached hydrogens (primary N) is 1. The molecule has 0 aliphatic heterocycles. The van der Waals surface area contributed by atoms with E-state index in [0.29, 0.717) is 5.56 Å². The first-order chi connectivity index (χ1) is 9.85. The zero-order chi connectivity index (χ0) is 15.5. The third kappa shape index (κ3) is 4.76. The van der Waals surface area contributed by atoms with Gasteiger partial charge in [0.15, 0.2) is 0 Å². The van der Waals surface area contributed by atoms with Crippen LogP contribution in [0.2, 0.25) is 0 Å². The molecule has 7 nitrogen and oxygen atoms in total. The highest BCUT2D eigenvalue weighted by Gasteiger charge is 2.23. The zero-order valence-electron chi connectivity index (χ0n) is 11.6. The summed E-state index contributed by atoms with van der Waals surface area (Å²) in [6.45, 7) is 0. The van der Waals surface area contributed by atoms with Crippen LogP contribution in [-0.4, -0.2) is 25.4 Å². The topological polar surface area (TPSA) is 115 Å². The molecule has 1 fully saturated rings. The maximum atomic E-state index is 12.1. The number of hydrogen-bond donors (Lipinski definition) is 2. The van der Waals surface area contributed by atoms with E-state index >= 15 is 0 Å². The Kier molecular flexibility index (Phi) is 4.92. The van der Waals surface area contributed by atoms with E-state index in [9.17, 15) is 18.5 Å². The van der Waals surface area contributed by atoms with Crippen molar-refractivity contribution >= 4 is 15.7 Å². The molecular weight excluding hydrogens is 294 g/mol. The fraction of sp³-hybridized carbons (Fsp3) is 0.538. The lowest BCUT2D eigenvalue weighted by Crippen LogP contribution is -2.40. The van der Waals surface area contributed by atoms with Crippen LogP contribution in [0.3, 0.4) is 0 Å². The molecule has 0 heterocycles. The summed E-state index contributed by atoms with van der Waals surface area (Å²) in [5.41, 5.74) is 6.27. The fourth-order valence-electron chi connectivity index (χ4n) is 2.47. The van der Waals surface area contributed by atoms with Gasteiger partial charge in [-0.05, 0) is 31.2 Å². The highest BCUT2D eigenvalue weighted by Crippen LogP contribution is 2.19. The SMILES string of the molecule is NC1CCC(NS(=O)(=O)Cc2ccc([N+](=O)[O-])cc2)CC1. The quantitative estimate of drug-likeness (QED) is 0.627. The van der Waals surface area contributed by atoms with Crippen molar-refractivity contribution in [1.29, 1.82) is 0 Å². The lowest BCUT2D eigenvalue weighted by molar-refractivity contribution is -0.384. The second kappa shape index (κ2) is 6.50. The molecule has 0 unspecified atom stereocenters. The number of nitro groups is 1. The first kappa shape index (κ1) is 15.9. The second-order valence-corrected chi connectivity index (χ2v) is 7.17. The lowest BCUT2D eigenvalue weighted by atomic mass is 9.93. The monoisotopic (exact) mass is 313 g/mol. The molecule has 0 bridgehead atoms. The van der Waals surface area contributed by atoms with Crippen molar-refractivity contribution in [3.63, 3.8) is 0 Å². The Balaban J connectivity index is 1.95. The molecule has 2 rings (SSSR count). The van der Waals surface area contributed by atoms with Crippen molar-refractivity contribution in [2.45, 2.75) is 43.5 Å². The summed E-state index contributed by atoms with van der Waals surface area (Å²) in [6.07, 6.45) is 3.15. The second-order valence-electron chi connectivity index (χ2n) is 5.41. The van der Waals surface area contributed by atoms with Crippen LogP contribution < -0.4 is 10.5 Å². The van der Waals surface area contributed by atoms with Crippen LogP contribution >= 0.6 is 0 Å². The van der Waals surface area contributed by atoms with Gasteiger partial charge >= 0.3 is 0 Å². The molecule has 0 atom stereocenters. The van der Waals surface area contributed by atoms with Crippen molar-refractivity contribution in [2.24, 2.45) is 5.73 Å². The average molecular weight is 313 g/mol. The van der Waals surface area contributed by atoms with Crippen molar-refractivity contribution in [1.82, 2.24) is 4.72 Å². The normalized spacial score (nSPS) is 22.9. The van der Waals surface area contributed by atoms with Crippen LogP contribution in [0.1, 0.15) is 31.2 Å². The average Bonchev–Trinajstić information content (AvgIpc) is 2.41. The largest absolute Gasteiger partial charge is 0.328 e. The van der Waals surface area contributed by atoms with Crippen molar-refractivity contribution in [3.8, 4) is 0 Å².